The van der Waals surface area contributed by atoms with Crippen LogP contribution in [0.5, 0.6) is 0 Å². The number of nitrogens with one attached hydrogen (secondary N) is 1. The number of rotatable bonds is 3. The fourth-order valence-corrected chi connectivity index (χ4v) is 2.01. The van der Waals surface area contributed by atoms with Crippen LogP contribution in [-0.2, 0) is 0 Å². The molecule has 0 saturated heterocycles. The van der Waals surface area contributed by atoms with Crippen molar-refractivity contribution in [2.24, 2.45) is 5.73 Å². The van der Waals surface area contributed by atoms with Gasteiger partial charge in [-0.15, -0.1) is 0 Å². The van der Waals surface area contributed by atoms with Gasteiger partial charge in [-0.05, 0) is 42.8 Å². The summed E-state index contributed by atoms with van der Waals surface area (Å²) in [6.07, 6.45) is 0. The van der Waals surface area contributed by atoms with E-state index in [1.54, 1.807) is 30.3 Å². The zero-order chi connectivity index (χ0) is 14.7. The van der Waals surface area contributed by atoms with Crippen molar-refractivity contribution >= 4 is 29.1 Å². The first-order valence-electron chi connectivity index (χ1n) is 5.95. The van der Waals surface area contributed by atoms with Crippen molar-refractivity contribution in [2.45, 2.75) is 6.92 Å². The lowest BCUT2D eigenvalue weighted by Gasteiger charge is -2.08. The summed E-state index contributed by atoms with van der Waals surface area (Å²) in [6.45, 7) is 1.91. The van der Waals surface area contributed by atoms with Crippen molar-refractivity contribution in [2.75, 3.05) is 5.32 Å². The molecule has 0 heterocycles. The van der Waals surface area contributed by atoms with E-state index in [2.05, 4.69) is 5.32 Å². The van der Waals surface area contributed by atoms with Crippen molar-refractivity contribution in [3.8, 4) is 0 Å². The summed E-state index contributed by atoms with van der Waals surface area (Å²) in [7, 11) is 0. The van der Waals surface area contributed by atoms with Crippen LogP contribution in [0.3, 0.4) is 0 Å². The van der Waals surface area contributed by atoms with E-state index in [1.807, 2.05) is 13.0 Å². The van der Waals surface area contributed by atoms with Crippen LogP contribution >= 0.6 is 11.6 Å². The second-order valence-electron chi connectivity index (χ2n) is 4.38. The van der Waals surface area contributed by atoms with Gasteiger partial charge in [0, 0.05) is 11.1 Å². The lowest BCUT2D eigenvalue weighted by atomic mass is 10.1. The molecule has 0 aliphatic heterocycles. The molecule has 0 atom stereocenters. The molecule has 0 aromatic heterocycles. The van der Waals surface area contributed by atoms with E-state index >= 15 is 0 Å². The van der Waals surface area contributed by atoms with Crippen LogP contribution in [0.4, 0.5) is 5.69 Å². The van der Waals surface area contributed by atoms with Gasteiger partial charge in [-0.25, -0.2) is 0 Å². The molecule has 0 bridgehead atoms. The fraction of sp³-hybridized carbons (Fsp3) is 0.0667. The van der Waals surface area contributed by atoms with Crippen LogP contribution in [0.1, 0.15) is 26.3 Å². The Morgan fingerprint density at radius 1 is 1.10 bits per heavy atom. The van der Waals surface area contributed by atoms with Gasteiger partial charge in [0.2, 0.25) is 5.91 Å². The van der Waals surface area contributed by atoms with Crippen molar-refractivity contribution in [1.29, 1.82) is 0 Å². The molecule has 0 saturated carbocycles. The average molecular weight is 289 g/mol. The summed E-state index contributed by atoms with van der Waals surface area (Å²) in [4.78, 5) is 23.2. The second kappa shape index (κ2) is 5.75. The van der Waals surface area contributed by atoms with Gasteiger partial charge in [0.15, 0.2) is 0 Å². The topological polar surface area (TPSA) is 72.2 Å². The highest BCUT2D eigenvalue weighted by Gasteiger charge is 2.10. The van der Waals surface area contributed by atoms with Crippen molar-refractivity contribution in [3.05, 3.63) is 64.2 Å². The third-order valence-electron chi connectivity index (χ3n) is 2.78. The second-order valence-corrected chi connectivity index (χ2v) is 4.79. The lowest BCUT2D eigenvalue weighted by molar-refractivity contribution is 0.1000. The number of primary amides is 1. The van der Waals surface area contributed by atoms with Gasteiger partial charge in [-0.3, -0.25) is 9.59 Å². The highest BCUT2D eigenvalue weighted by molar-refractivity contribution is 6.34. The number of benzene rings is 2. The molecule has 0 aliphatic rings. The maximum absolute atomic E-state index is 12.1. The standard InChI is InChI=1S/C15H13ClN2O2/c1-9-5-6-13(12(16)7-9)18-15(20)11-4-2-3-10(8-11)14(17)19/h2-8H,1H3,(H2,17,19)(H,18,20). The molecule has 0 radical (unpaired) electrons. The van der Waals surface area contributed by atoms with E-state index in [-0.39, 0.29) is 11.5 Å². The summed E-state index contributed by atoms with van der Waals surface area (Å²) in [5.74, 6) is -0.924. The Labute approximate surface area is 121 Å². The first-order chi connectivity index (χ1) is 9.47. The van der Waals surface area contributed by atoms with Gasteiger partial charge in [-0.1, -0.05) is 23.7 Å². The Hall–Kier alpha value is -2.33. The van der Waals surface area contributed by atoms with Crippen molar-refractivity contribution in [1.82, 2.24) is 0 Å². The van der Waals surface area contributed by atoms with Gasteiger partial charge < -0.3 is 11.1 Å². The number of hydrogen-bond donors (Lipinski definition) is 2. The minimum absolute atomic E-state index is 0.285. The zero-order valence-corrected chi connectivity index (χ0v) is 11.6. The Morgan fingerprint density at radius 3 is 2.45 bits per heavy atom. The summed E-state index contributed by atoms with van der Waals surface area (Å²) in [5, 5.41) is 3.16. The summed E-state index contributed by atoms with van der Waals surface area (Å²) in [6, 6.07) is 11.5. The smallest absolute Gasteiger partial charge is 0.255 e. The highest BCUT2D eigenvalue weighted by atomic mass is 35.5. The molecule has 2 aromatic rings. The van der Waals surface area contributed by atoms with Gasteiger partial charge in [0.25, 0.3) is 5.91 Å². The number of aryl methyl sites for hydroxylation is 1. The van der Waals surface area contributed by atoms with Gasteiger partial charge in [0.05, 0.1) is 10.7 Å². The third-order valence-corrected chi connectivity index (χ3v) is 3.09. The minimum Gasteiger partial charge on any atom is -0.366 e. The largest absolute Gasteiger partial charge is 0.366 e. The molecular formula is C15H13ClN2O2. The number of amides is 2. The Bertz CT molecular complexity index is 683. The molecular weight excluding hydrogens is 276 g/mol. The molecule has 0 aliphatic carbocycles. The molecule has 0 fully saturated rings. The van der Waals surface area contributed by atoms with Crippen molar-refractivity contribution < 1.29 is 9.59 Å². The minimum atomic E-state index is -0.576. The Balaban J connectivity index is 2.24. The molecule has 20 heavy (non-hydrogen) atoms. The molecule has 102 valence electrons. The molecule has 2 amide bonds. The fourth-order valence-electron chi connectivity index (χ4n) is 1.73. The Morgan fingerprint density at radius 2 is 1.80 bits per heavy atom. The maximum Gasteiger partial charge on any atom is 0.255 e. The van der Waals surface area contributed by atoms with Gasteiger partial charge in [-0.2, -0.15) is 0 Å². The van der Waals surface area contributed by atoms with Gasteiger partial charge in [0.1, 0.15) is 0 Å². The number of carbonyl (C=O) groups is 2. The number of halogens is 1. The number of nitrogens with two attached hydrogens (primary N) is 1. The zero-order valence-electron chi connectivity index (χ0n) is 10.8. The van der Waals surface area contributed by atoms with Crippen LogP contribution in [0.15, 0.2) is 42.5 Å². The monoisotopic (exact) mass is 288 g/mol. The average Bonchev–Trinajstić information content (AvgIpc) is 2.42. The lowest BCUT2D eigenvalue weighted by Crippen LogP contribution is -2.15. The number of carbonyl (C=O) groups excluding carboxylic acids is 2. The third kappa shape index (κ3) is 3.16. The van der Waals surface area contributed by atoms with Crippen LogP contribution in [-0.4, -0.2) is 11.8 Å². The SMILES string of the molecule is Cc1ccc(NC(=O)c2cccc(C(N)=O)c2)c(Cl)c1. The van der Waals surface area contributed by atoms with E-state index < -0.39 is 5.91 Å². The van der Waals surface area contributed by atoms with Gasteiger partial charge >= 0.3 is 0 Å². The van der Waals surface area contributed by atoms with E-state index in [4.69, 9.17) is 17.3 Å². The molecule has 3 N–H and O–H groups in total. The Kier molecular flexibility index (Phi) is 4.05. The summed E-state index contributed by atoms with van der Waals surface area (Å²) in [5.41, 5.74) is 7.34. The normalized spacial score (nSPS) is 10.1. The first-order valence-corrected chi connectivity index (χ1v) is 6.32. The molecule has 2 aromatic carbocycles. The van der Waals surface area contributed by atoms with Crippen LogP contribution < -0.4 is 11.1 Å². The predicted octanol–water partition coefficient (Wildman–Crippen LogP) is 3.00. The van der Waals surface area contributed by atoms with Crippen molar-refractivity contribution in [3.63, 3.8) is 0 Å². The molecule has 2 rings (SSSR count). The van der Waals surface area contributed by atoms with Crippen LogP contribution in [0.25, 0.3) is 0 Å². The van der Waals surface area contributed by atoms with E-state index in [9.17, 15) is 9.59 Å². The van der Waals surface area contributed by atoms with E-state index in [0.717, 1.165) is 5.56 Å². The maximum atomic E-state index is 12.1. The molecule has 0 unspecified atom stereocenters. The molecule has 5 heteroatoms. The molecule has 0 spiro atoms. The van der Waals surface area contributed by atoms with Crippen LogP contribution in [0, 0.1) is 6.92 Å². The predicted molar refractivity (Wildman–Crippen MR) is 79.1 cm³/mol. The summed E-state index contributed by atoms with van der Waals surface area (Å²) < 4.78 is 0. The van der Waals surface area contributed by atoms with E-state index in [1.165, 1.54) is 6.07 Å². The quantitative estimate of drug-likeness (QED) is 0.911. The first kappa shape index (κ1) is 14.1. The number of hydrogen-bond acceptors (Lipinski definition) is 2. The van der Waals surface area contributed by atoms with Crippen LogP contribution in [0.2, 0.25) is 5.02 Å². The number of anilines is 1. The highest BCUT2D eigenvalue weighted by Crippen LogP contribution is 2.23. The summed E-state index contributed by atoms with van der Waals surface area (Å²) >= 11 is 6.05. The molecule has 4 nitrogen and oxygen atoms in total. The van der Waals surface area contributed by atoms with E-state index in [0.29, 0.717) is 16.3 Å².